The average Bonchev–Trinajstić information content (AvgIpc) is 2.93. The predicted molar refractivity (Wildman–Crippen MR) is 87.7 cm³/mol. The van der Waals surface area contributed by atoms with Crippen LogP contribution in [0, 0.1) is 0 Å². The van der Waals surface area contributed by atoms with Crippen molar-refractivity contribution in [2.75, 3.05) is 5.75 Å². The van der Waals surface area contributed by atoms with Gasteiger partial charge in [0.05, 0.1) is 5.75 Å². The van der Waals surface area contributed by atoms with Crippen molar-refractivity contribution in [2.24, 2.45) is 0 Å². The molecular formula is C17H15BrOS. The van der Waals surface area contributed by atoms with Gasteiger partial charge in [0.15, 0.2) is 5.78 Å². The molecule has 2 aromatic rings. The summed E-state index contributed by atoms with van der Waals surface area (Å²) in [5.74, 6) is 0.696. The second kappa shape index (κ2) is 6.15. The molecule has 102 valence electrons. The Morgan fingerprint density at radius 3 is 2.75 bits per heavy atom. The highest BCUT2D eigenvalue weighted by Gasteiger charge is 2.14. The second-order valence-electron chi connectivity index (χ2n) is 4.98. The number of rotatable bonds is 4. The van der Waals surface area contributed by atoms with Crippen molar-refractivity contribution in [3.8, 4) is 0 Å². The molecule has 1 nitrogen and oxygen atoms in total. The Bertz CT molecular complexity index is 651. The van der Waals surface area contributed by atoms with Crippen molar-refractivity contribution >= 4 is 33.5 Å². The Labute approximate surface area is 131 Å². The maximum absolute atomic E-state index is 12.3. The predicted octanol–water partition coefficient (Wildman–Crippen LogP) is 4.91. The molecule has 1 aliphatic rings. The first kappa shape index (κ1) is 13.9. The number of fused-ring (bicyclic) bond motifs is 1. The van der Waals surface area contributed by atoms with Crippen LogP contribution in [0.2, 0.25) is 0 Å². The maximum Gasteiger partial charge on any atom is 0.173 e. The molecule has 0 aliphatic heterocycles. The van der Waals surface area contributed by atoms with E-state index in [0.29, 0.717) is 5.75 Å². The standard InChI is InChI=1S/C17H15BrOS/c18-15-6-1-2-7-17(15)20-11-16(19)14-9-8-12-4-3-5-13(12)10-14/h1-2,6-10H,3-5,11H2. The van der Waals surface area contributed by atoms with E-state index >= 15 is 0 Å². The lowest BCUT2D eigenvalue weighted by molar-refractivity contribution is 0.102. The highest BCUT2D eigenvalue weighted by molar-refractivity contribution is 9.10. The number of hydrogen-bond acceptors (Lipinski definition) is 2. The van der Waals surface area contributed by atoms with Gasteiger partial charge >= 0.3 is 0 Å². The van der Waals surface area contributed by atoms with E-state index in [2.05, 4.69) is 28.1 Å². The molecule has 0 N–H and O–H groups in total. The highest BCUT2D eigenvalue weighted by Crippen LogP contribution is 2.28. The average molecular weight is 347 g/mol. The molecule has 0 amide bonds. The first-order chi connectivity index (χ1) is 9.74. The fraction of sp³-hybridized carbons (Fsp3) is 0.235. The monoisotopic (exact) mass is 346 g/mol. The van der Waals surface area contributed by atoms with E-state index in [1.54, 1.807) is 11.8 Å². The topological polar surface area (TPSA) is 17.1 Å². The zero-order chi connectivity index (χ0) is 13.9. The molecular weight excluding hydrogens is 332 g/mol. The van der Waals surface area contributed by atoms with Crippen molar-refractivity contribution in [1.29, 1.82) is 0 Å². The van der Waals surface area contributed by atoms with Crippen LogP contribution in [0.15, 0.2) is 51.8 Å². The third kappa shape index (κ3) is 2.99. The van der Waals surface area contributed by atoms with E-state index in [9.17, 15) is 4.79 Å². The molecule has 0 saturated heterocycles. The first-order valence-electron chi connectivity index (χ1n) is 6.76. The summed E-state index contributed by atoms with van der Waals surface area (Å²) in [6, 6.07) is 14.2. The van der Waals surface area contributed by atoms with Crippen molar-refractivity contribution in [1.82, 2.24) is 0 Å². The van der Waals surface area contributed by atoms with Crippen LogP contribution < -0.4 is 0 Å². The minimum atomic E-state index is 0.209. The van der Waals surface area contributed by atoms with Crippen LogP contribution in [-0.4, -0.2) is 11.5 Å². The van der Waals surface area contributed by atoms with Crippen LogP contribution in [0.4, 0.5) is 0 Å². The summed E-state index contributed by atoms with van der Waals surface area (Å²) in [6.07, 6.45) is 3.50. The maximum atomic E-state index is 12.3. The van der Waals surface area contributed by atoms with Gasteiger partial charge in [0.2, 0.25) is 0 Å². The molecule has 0 radical (unpaired) electrons. The van der Waals surface area contributed by atoms with Gasteiger partial charge in [-0.1, -0.05) is 24.3 Å². The minimum absolute atomic E-state index is 0.209. The van der Waals surface area contributed by atoms with Gasteiger partial charge in [0, 0.05) is 14.9 Å². The molecule has 0 unspecified atom stereocenters. The van der Waals surface area contributed by atoms with Crippen molar-refractivity contribution in [3.63, 3.8) is 0 Å². The van der Waals surface area contributed by atoms with Crippen LogP contribution in [0.5, 0.6) is 0 Å². The molecule has 0 spiro atoms. The molecule has 0 heterocycles. The molecule has 0 fully saturated rings. The van der Waals surface area contributed by atoms with Crippen LogP contribution in [0.25, 0.3) is 0 Å². The molecule has 0 aromatic heterocycles. The van der Waals surface area contributed by atoms with E-state index in [1.165, 1.54) is 17.5 Å². The van der Waals surface area contributed by atoms with E-state index in [0.717, 1.165) is 27.8 Å². The van der Waals surface area contributed by atoms with Gasteiger partial charge in [0.1, 0.15) is 0 Å². The first-order valence-corrected chi connectivity index (χ1v) is 8.54. The molecule has 3 rings (SSSR count). The largest absolute Gasteiger partial charge is 0.293 e. The number of halogens is 1. The van der Waals surface area contributed by atoms with Crippen LogP contribution >= 0.6 is 27.7 Å². The third-order valence-corrected chi connectivity index (χ3v) is 5.64. The van der Waals surface area contributed by atoms with E-state index < -0.39 is 0 Å². The minimum Gasteiger partial charge on any atom is -0.293 e. The Morgan fingerprint density at radius 1 is 1.10 bits per heavy atom. The van der Waals surface area contributed by atoms with E-state index in [1.807, 2.05) is 30.3 Å². The van der Waals surface area contributed by atoms with Crippen LogP contribution in [0.1, 0.15) is 27.9 Å². The number of aryl methyl sites for hydroxylation is 2. The summed E-state index contributed by atoms with van der Waals surface area (Å²) < 4.78 is 1.05. The Kier molecular flexibility index (Phi) is 4.27. The fourth-order valence-electron chi connectivity index (χ4n) is 2.53. The summed E-state index contributed by atoms with van der Waals surface area (Å²) >= 11 is 5.10. The highest BCUT2D eigenvalue weighted by atomic mass is 79.9. The molecule has 2 aromatic carbocycles. The fourth-order valence-corrected chi connectivity index (χ4v) is 4.00. The summed E-state index contributed by atoms with van der Waals surface area (Å²) in [7, 11) is 0. The summed E-state index contributed by atoms with van der Waals surface area (Å²) in [6.45, 7) is 0. The van der Waals surface area contributed by atoms with Crippen molar-refractivity contribution in [3.05, 3.63) is 63.6 Å². The third-order valence-electron chi connectivity index (χ3n) is 3.62. The van der Waals surface area contributed by atoms with Gasteiger partial charge in [0.25, 0.3) is 0 Å². The molecule has 1 aliphatic carbocycles. The van der Waals surface area contributed by atoms with Crippen LogP contribution in [-0.2, 0) is 12.8 Å². The molecule has 20 heavy (non-hydrogen) atoms. The van der Waals surface area contributed by atoms with Crippen molar-refractivity contribution < 1.29 is 4.79 Å². The van der Waals surface area contributed by atoms with Gasteiger partial charge in [-0.05, 0) is 64.5 Å². The SMILES string of the molecule is O=C(CSc1ccccc1Br)c1ccc2c(c1)CCC2. The lowest BCUT2D eigenvalue weighted by atomic mass is 10.0. The van der Waals surface area contributed by atoms with Gasteiger partial charge < -0.3 is 0 Å². The smallest absolute Gasteiger partial charge is 0.173 e. The zero-order valence-corrected chi connectivity index (χ0v) is 13.5. The van der Waals surface area contributed by atoms with Gasteiger partial charge in [-0.3, -0.25) is 4.79 Å². The molecule has 0 bridgehead atoms. The van der Waals surface area contributed by atoms with Crippen molar-refractivity contribution in [2.45, 2.75) is 24.2 Å². The van der Waals surface area contributed by atoms with Crippen LogP contribution in [0.3, 0.4) is 0 Å². The molecule has 3 heteroatoms. The van der Waals surface area contributed by atoms with E-state index in [4.69, 9.17) is 0 Å². The normalized spacial score (nSPS) is 13.2. The number of hydrogen-bond donors (Lipinski definition) is 0. The van der Waals surface area contributed by atoms with Gasteiger partial charge in [-0.15, -0.1) is 11.8 Å². The number of benzene rings is 2. The summed E-state index contributed by atoms with van der Waals surface area (Å²) in [5, 5.41) is 0. The number of Topliss-reactive ketones (excluding diaryl/α,β-unsaturated/α-hetero) is 1. The Balaban J connectivity index is 1.69. The Hall–Kier alpha value is -1.06. The Morgan fingerprint density at radius 2 is 1.90 bits per heavy atom. The second-order valence-corrected chi connectivity index (χ2v) is 6.85. The van der Waals surface area contributed by atoms with Gasteiger partial charge in [-0.2, -0.15) is 0 Å². The summed E-state index contributed by atoms with van der Waals surface area (Å²) in [4.78, 5) is 13.4. The molecule has 0 atom stereocenters. The summed E-state index contributed by atoms with van der Waals surface area (Å²) in [5.41, 5.74) is 3.63. The van der Waals surface area contributed by atoms with E-state index in [-0.39, 0.29) is 5.78 Å². The number of ketones is 1. The number of thioether (sulfide) groups is 1. The molecule has 0 saturated carbocycles. The lowest BCUT2D eigenvalue weighted by Crippen LogP contribution is -2.03. The number of carbonyl (C=O) groups excluding carboxylic acids is 1. The lowest BCUT2D eigenvalue weighted by Gasteiger charge is -2.06. The van der Waals surface area contributed by atoms with Gasteiger partial charge in [-0.25, -0.2) is 0 Å². The zero-order valence-electron chi connectivity index (χ0n) is 11.1. The quantitative estimate of drug-likeness (QED) is 0.577. The number of carbonyl (C=O) groups is 1.